The Morgan fingerprint density at radius 1 is 0.595 bits per heavy atom. The summed E-state index contributed by atoms with van der Waals surface area (Å²) < 4.78 is 137. The average Bonchev–Trinajstić information content (AvgIpc) is 3.34. The number of hydrogen-bond donors (Lipinski definition) is 4. The van der Waals surface area contributed by atoms with Crippen molar-refractivity contribution in [1.82, 2.24) is 0 Å². The van der Waals surface area contributed by atoms with E-state index >= 15 is 0 Å². The van der Waals surface area contributed by atoms with Gasteiger partial charge in [0.1, 0.15) is 51.8 Å². The molecule has 22 heteroatoms. The number of benzene rings is 4. The molecule has 0 amide bonds. The largest absolute Gasteiger partial charge is 1.00 e. The van der Waals surface area contributed by atoms with Gasteiger partial charge in [-0.3, -0.25) is 9.11 Å². The Balaban J connectivity index is 0.000000496. The fourth-order valence-corrected chi connectivity index (χ4v) is 11.0. The number of phenols is 1. The van der Waals surface area contributed by atoms with Gasteiger partial charge in [0, 0.05) is 54.2 Å². The zero-order valence-electron chi connectivity index (χ0n) is 42.8. The second kappa shape index (κ2) is 26.6. The summed E-state index contributed by atoms with van der Waals surface area (Å²) in [6.45, 7) is 18.9. The fourth-order valence-electron chi connectivity index (χ4n) is 8.25. The predicted octanol–water partition coefficient (Wildman–Crippen LogP) is 4.80. The Morgan fingerprint density at radius 3 is 1.39 bits per heavy atom. The van der Waals surface area contributed by atoms with Crippen LogP contribution in [-0.2, 0) is 44.8 Å². The summed E-state index contributed by atoms with van der Waals surface area (Å²) in [7, 11) is -19.4. The maximum atomic E-state index is 12.4. The number of allylic oxidation sites excluding steroid dienone is 10. The molecule has 0 aromatic heterocycles. The van der Waals surface area contributed by atoms with Crippen molar-refractivity contribution in [2.24, 2.45) is 5.90 Å². The molecule has 0 fully saturated rings. The van der Waals surface area contributed by atoms with E-state index in [2.05, 4.69) is 18.3 Å². The average molecular weight is 1100 g/mol. The summed E-state index contributed by atoms with van der Waals surface area (Å²) in [4.78, 5) is -0.874. The van der Waals surface area contributed by atoms with Crippen molar-refractivity contribution in [3.8, 4) is 5.75 Å². The fraction of sp³-hybridized carbons (Fsp3) is 0.269. The van der Waals surface area contributed by atoms with Crippen LogP contribution in [0.5, 0.6) is 5.75 Å². The Hall–Kier alpha value is -5.14. The van der Waals surface area contributed by atoms with Crippen LogP contribution in [0, 0.1) is 6.92 Å². The van der Waals surface area contributed by atoms with Crippen LogP contribution >= 0.6 is 0 Å². The molecular weight excluding hydrogens is 1040 g/mol. The third-order valence-electron chi connectivity index (χ3n) is 12.0. The molecule has 0 aliphatic heterocycles. The zero-order valence-corrected chi connectivity index (χ0v) is 47.1. The van der Waals surface area contributed by atoms with Crippen molar-refractivity contribution in [3.63, 3.8) is 0 Å². The molecule has 0 saturated carbocycles. The standard InChI is InChI=1S/C27H32N2O7S2.C24H26N2O6S2.CH4.Na.H/c1-5-28(6-2)21-13-9-19(10-14-21)27(20-11-15-22(16-12-20)29(7-3)8-4)23-17-24(30)26(38(34,35)36)18-25(23)37(31,32)33;1-4-26(5-2)20-12-10-19(11-13-20)24(18-8-6-17(3)7-9-18)22-15-14-21(34(30,31)32-25)16-23(22)33(27,28)29;;;/h9-18H,5-8H2,1-4H3,(H2-,30,31,32,33,34,35,36);6-16H,4-5,25H2,1-3H3;1H4;;/q;;;+1;-1/p+1. The molecule has 0 atom stereocenters. The van der Waals surface area contributed by atoms with Gasteiger partial charge in [-0.15, -0.1) is 0 Å². The van der Waals surface area contributed by atoms with Crippen molar-refractivity contribution in [2.75, 3.05) is 44.2 Å². The quantitative estimate of drug-likeness (QED) is 0.0508. The van der Waals surface area contributed by atoms with Gasteiger partial charge < -0.3 is 16.0 Å². The van der Waals surface area contributed by atoms with E-state index in [0.717, 1.165) is 80.1 Å². The van der Waals surface area contributed by atoms with Crippen LogP contribution in [-0.4, -0.2) is 112 Å². The molecule has 0 radical (unpaired) electrons. The number of hydrogen-bond acceptors (Lipinski definition) is 13. The molecule has 0 saturated heterocycles. The minimum absolute atomic E-state index is 0. The third-order valence-corrected chi connectivity index (χ3v) is 15.7. The maximum absolute atomic E-state index is 12.4. The Morgan fingerprint density at radius 2 is 1.01 bits per heavy atom. The molecule has 6 rings (SSSR count). The molecule has 4 aromatic carbocycles. The number of nitrogens with two attached hydrogens (primary N) is 1. The van der Waals surface area contributed by atoms with Crippen molar-refractivity contribution in [3.05, 3.63) is 166 Å². The maximum Gasteiger partial charge on any atom is 1.00 e. The number of nitrogens with zero attached hydrogens (tertiary/aromatic N) is 3. The molecular formula is C52H64N4NaO13S4+. The molecule has 0 unspecified atom stereocenters. The number of aryl methyl sites for hydroxylation is 1. The Kier molecular flexibility index (Phi) is 22.7. The van der Waals surface area contributed by atoms with Gasteiger partial charge in [-0.05, 0) is 143 Å². The van der Waals surface area contributed by atoms with Crippen molar-refractivity contribution < 1.29 is 96.9 Å². The van der Waals surface area contributed by atoms with Gasteiger partial charge in [0.25, 0.3) is 20.2 Å². The molecule has 394 valence electrons. The van der Waals surface area contributed by atoms with E-state index in [9.17, 15) is 52.4 Å². The first kappa shape index (κ1) is 63.2. The van der Waals surface area contributed by atoms with Crippen LogP contribution in [0.2, 0.25) is 0 Å². The van der Waals surface area contributed by atoms with E-state index in [1.165, 1.54) is 6.07 Å². The summed E-state index contributed by atoms with van der Waals surface area (Å²) in [6, 6.07) is 19.4. The molecule has 0 heterocycles. The molecule has 2 aliphatic rings. The van der Waals surface area contributed by atoms with Gasteiger partial charge in [-0.25, -0.2) is 17.6 Å². The summed E-state index contributed by atoms with van der Waals surface area (Å²) >= 11 is 0. The second-order valence-electron chi connectivity index (χ2n) is 16.2. The van der Waals surface area contributed by atoms with Gasteiger partial charge in [-0.1, -0.05) is 55.5 Å². The topological polar surface area (TPSA) is 265 Å². The molecule has 4 aromatic rings. The van der Waals surface area contributed by atoms with E-state index in [1.54, 1.807) is 24.3 Å². The summed E-state index contributed by atoms with van der Waals surface area (Å²) in [5.74, 6) is 3.97. The van der Waals surface area contributed by atoms with E-state index < -0.39 is 65.8 Å². The molecule has 0 bridgehead atoms. The van der Waals surface area contributed by atoms with Gasteiger partial charge in [0.05, 0.1) is 9.79 Å². The number of rotatable bonds is 16. The summed E-state index contributed by atoms with van der Waals surface area (Å²) in [6.07, 6.45) is 14.9. The van der Waals surface area contributed by atoms with Gasteiger partial charge in [0.2, 0.25) is 0 Å². The van der Waals surface area contributed by atoms with Crippen molar-refractivity contribution in [2.45, 2.75) is 75.5 Å². The van der Waals surface area contributed by atoms with E-state index in [4.69, 9.17) is 5.90 Å². The molecule has 5 N–H and O–H groups in total. The number of phenolic OH excluding ortho intramolecular Hbond substituents is 1. The van der Waals surface area contributed by atoms with E-state index in [-0.39, 0.29) is 49.5 Å². The first-order valence-electron chi connectivity index (χ1n) is 22.8. The minimum atomic E-state index is -5.06. The number of anilines is 1. The SMILES string of the molecule is C.CCN(CC)c1ccc(C(=C2C=CC(=[N+](CC)CC)C=C2)c2cc(O)c(S(=O)(=O)O)cc2S(=O)(=O)O)cc1.CC[N+](CC)=C1C=CC(=C(c2ccc(C)cc2)c2ccc(S(=O)(=O)ON)cc2S(=O)(=O)[O-])C=C1.[H-].[Na+]. The minimum Gasteiger partial charge on any atom is -1.00 e. The monoisotopic (exact) mass is 1100 g/mol. The zero-order chi connectivity index (χ0) is 53.3. The first-order valence-corrected chi connectivity index (χ1v) is 28.5. The predicted molar refractivity (Wildman–Crippen MR) is 285 cm³/mol. The summed E-state index contributed by atoms with van der Waals surface area (Å²) in [5, 5.41) is 10.5. The van der Waals surface area contributed by atoms with Crippen molar-refractivity contribution in [1.29, 1.82) is 0 Å². The normalized spacial score (nSPS) is 13.4. The first-order chi connectivity index (χ1) is 33.9. The molecule has 74 heavy (non-hydrogen) atoms. The second-order valence-corrected chi connectivity index (χ2v) is 21.9. The van der Waals surface area contributed by atoms with Gasteiger partial charge >= 0.3 is 39.7 Å². The van der Waals surface area contributed by atoms with Crippen LogP contribution in [0.1, 0.15) is 78.2 Å². The third kappa shape index (κ3) is 15.0. The van der Waals surface area contributed by atoms with Crippen LogP contribution in [0.25, 0.3) is 11.1 Å². The number of aromatic hydroxyl groups is 1. The molecule has 0 spiro atoms. The van der Waals surface area contributed by atoms with Crippen LogP contribution in [0.4, 0.5) is 5.69 Å². The molecule has 17 nitrogen and oxygen atoms in total. The van der Waals surface area contributed by atoms with Crippen LogP contribution in [0.3, 0.4) is 0 Å². The van der Waals surface area contributed by atoms with Crippen LogP contribution in [0.15, 0.2) is 158 Å². The van der Waals surface area contributed by atoms with Crippen molar-refractivity contribution >= 4 is 68.7 Å². The van der Waals surface area contributed by atoms with Gasteiger partial charge in [0.15, 0.2) is 11.4 Å². The van der Waals surface area contributed by atoms with Gasteiger partial charge in [-0.2, -0.15) is 35.4 Å². The Labute approximate surface area is 459 Å². The Bertz CT molecular complexity index is 3410. The molecule has 2 aliphatic carbocycles. The summed E-state index contributed by atoms with van der Waals surface area (Å²) in [5.41, 5.74) is 7.13. The van der Waals surface area contributed by atoms with E-state index in [1.807, 2.05) is 121 Å². The van der Waals surface area contributed by atoms with E-state index in [0.29, 0.717) is 39.5 Å². The smallest absolute Gasteiger partial charge is 1.00 e. The van der Waals surface area contributed by atoms with Crippen LogP contribution < -0.4 is 40.4 Å².